The Bertz CT molecular complexity index is 293. The van der Waals surface area contributed by atoms with Gasteiger partial charge in [-0.25, -0.2) is 4.39 Å². The van der Waals surface area contributed by atoms with Gasteiger partial charge in [0.1, 0.15) is 5.82 Å². The van der Waals surface area contributed by atoms with Crippen LogP contribution in [-0.4, -0.2) is 5.75 Å². The van der Waals surface area contributed by atoms with E-state index >= 15 is 0 Å². The first-order valence-corrected chi connectivity index (χ1v) is 4.67. The first kappa shape index (κ1) is 9.08. The monoisotopic (exact) mass is 181 g/mol. The second-order valence-corrected chi connectivity index (χ2v) is 3.27. The van der Waals surface area contributed by atoms with E-state index in [0.29, 0.717) is 11.5 Å². The summed E-state index contributed by atoms with van der Waals surface area (Å²) in [6, 6.07) is 8.46. The third kappa shape index (κ3) is 2.93. The number of hydrogen-bond acceptors (Lipinski definition) is 2. The van der Waals surface area contributed by atoms with E-state index in [9.17, 15) is 4.39 Å². The molecule has 0 radical (unpaired) electrons. The van der Waals surface area contributed by atoms with Crippen molar-refractivity contribution in [1.29, 1.82) is 5.26 Å². The summed E-state index contributed by atoms with van der Waals surface area (Å²) in [5.41, 5.74) is 0.926. The minimum absolute atomic E-state index is 0.218. The van der Waals surface area contributed by atoms with Gasteiger partial charge in [-0.3, -0.25) is 0 Å². The maximum Gasteiger partial charge on any atom is 0.123 e. The van der Waals surface area contributed by atoms with E-state index in [2.05, 4.69) is 0 Å². The molecule has 0 fully saturated rings. The standard InChI is InChI=1S/C9H8FNS/c10-9-3-1-2-8(6-9)7-12-5-4-11/h1-3,6H,5,7H2. The van der Waals surface area contributed by atoms with Crippen LogP contribution in [0.15, 0.2) is 24.3 Å². The predicted octanol–water partition coefficient (Wildman–Crippen LogP) is 2.58. The number of rotatable bonds is 3. The minimum atomic E-state index is -0.218. The first-order chi connectivity index (χ1) is 5.83. The Labute approximate surface area is 75.2 Å². The average Bonchev–Trinajstić information content (AvgIpc) is 2.05. The molecule has 0 aliphatic rings. The molecule has 0 heterocycles. The number of nitrogens with zero attached hydrogens (tertiary/aromatic N) is 1. The van der Waals surface area contributed by atoms with Crippen molar-refractivity contribution < 1.29 is 4.39 Å². The SMILES string of the molecule is N#CCSCc1cccc(F)c1. The Morgan fingerprint density at radius 3 is 3.00 bits per heavy atom. The molecular formula is C9H8FNS. The molecule has 0 aliphatic heterocycles. The second-order valence-electron chi connectivity index (χ2n) is 2.28. The number of benzene rings is 1. The van der Waals surface area contributed by atoms with Crippen LogP contribution < -0.4 is 0 Å². The van der Waals surface area contributed by atoms with Crippen molar-refractivity contribution in [3.63, 3.8) is 0 Å². The summed E-state index contributed by atoms with van der Waals surface area (Å²) in [7, 11) is 0. The zero-order valence-corrected chi connectivity index (χ0v) is 7.27. The average molecular weight is 181 g/mol. The van der Waals surface area contributed by atoms with E-state index in [1.165, 1.54) is 23.9 Å². The predicted molar refractivity (Wildman–Crippen MR) is 48.2 cm³/mol. The lowest BCUT2D eigenvalue weighted by atomic mass is 10.2. The van der Waals surface area contributed by atoms with Crippen molar-refractivity contribution in [3.8, 4) is 6.07 Å². The summed E-state index contributed by atoms with van der Waals surface area (Å²) in [6.45, 7) is 0. The fourth-order valence-electron chi connectivity index (χ4n) is 0.841. The summed E-state index contributed by atoms with van der Waals surface area (Å²) >= 11 is 1.49. The van der Waals surface area contributed by atoms with Gasteiger partial charge in [-0.05, 0) is 17.7 Å². The van der Waals surface area contributed by atoms with Gasteiger partial charge in [0.05, 0.1) is 11.8 Å². The summed E-state index contributed by atoms with van der Waals surface area (Å²) < 4.78 is 12.6. The summed E-state index contributed by atoms with van der Waals surface area (Å²) in [5, 5.41) is 8.25. The second kappa shape index (κ2) is 4.78. The van der Waals surface area contributed by atoms with Gasteiger partial charge in [0, 0.05) is 5.75 Å². The fourth-order valence-corrected chi connectivity index (χ4v) is 1.45. The lowest BCUT2D eigenvalue weighted by Gasteiger charge is -1.97. The molecule has 0 aromatic heterocycles. The van der Waals surface area contributed by atoms with E-state index < -0.39 is 0 Å². The third-order valence-electron chi connectivity index (χ3n) is 1.32. The van der Waals surface area contributed by atoms with Crippen LogP contribution in [0.1, 0.15) is 5.56 Å². The van der Waals surface area contributed by atoms with Gasteiger partial charge in [-0.2, -0.15) is 5.26 Å². The van der Waals surface area contributed by atoms with Gasteiger partial charge in [0.25, 0.3) is 0 Å². The van der Waals surface area contributed by atoms with Gasteiger partial charge in [0.2, 0.25) is 0 Å². The topological polar surface area (TPSA) is 23.8 Å². The highest BCUT2D eigenvalue weighted by molar-refractivity contribution is 7.98. The Morgan fingerprint density at radius 2 is 2.33 bits per heavy atom. The van der Waals surface area contributed by atoms with Crippen LogP contribution in [0.4, 0.5) is 4.39 Å². The summed E-state index contributed by atoms with van der Waals surface area (Å²) in [4.78, 5) is 0. The maximum atomic E-state index is 12.6. The van der Waals surface area contributed by atoms with Crippen LogP contribution in [0, 0.1) is 17.1 Å². The Hall–Kier alpha value is -1.01. The zero-order chi connectivity index (χ0) is 8.81. The molecule has 0 amide bonds. The molecule has 12 heavy (non-hydrogen) atoms. The molecule has 1 nitrogen and oxygen atoms in total. The molecule has 1 aromatic rings. The lowest BCUT2D eigenvalue weighted by molar-refractivity contribution is 0.626. The molecule has 62 valence electrons. The molecule has 3 heteroatoms. The molecule has 0 saturated heterocycles. The molecule has 1 rings (SSSR count). The van der Waals surface area contributed by atoms with Gasteiger partial charge in [-0.1, -0.05) is 12.1 Å². The van der Waals surface area contributed by atoms with Crippen molar-refractivity contribution in [1.82, 2.24) is 0 Å². The zero-order valence-electron chi connectivity index (χ0n) is 6.46. The Kier molecular flexibility index (Phi) is 3.62. The van der Waals surface area contributed by atoms with Crippen LogP contribution in [0.3, 0.4) is 0 Å². The first-order valence-electron chi connectivity index (χ1n) is 3.52. The van der Waals surface area contributed by atoms with Crippen molar-refractivity contribution in [2.45, 2.75) is 5.75 Å². The van der Waals surface area contributed by atoms with E-state index in [1.54, 1.807) is 6.07 Å². The van der Waals surface area contributed by atoms with Gasteiger partial charge in [-0.15, -0.1) is 11.8 Å². The van der Waals surface area contributed by atoms with Gasteiger partial charge in [0.15, 0.2) is 0 Å². The van der Waals surface area contributed by atoms with Crippen LogP contribution in [0.25, 0.3) is 0 Å². The van der Waals surface area contributed by atoms with Crippen molar-refractivity contribution in [2.24, 2.45) is 0 Å². The molecule has 0 unspecified atom stereocenters. The van der Waals surface area contributed by atoms with Crippen LogP contribution in [0.5, 0.6) is 0 Å². The highest BCUT2D eigenvalue weighted by Crippen LogP contribution is 2.12. The van der Waals surface area contributed by atoms with Crippen LogP contribution in [0.2, 0.25) is 0 Å². The molecule has 0 spiro atoms. The van der Waals surface area contributed by atoms with Crippen molar-refractivity contribution in [3.05, 3.63) is 35.6 Å². The van der Waals surface area contributed by atoms with Gasteiger partial charge < -0.3 is 0 Å². The molecule has 1 aromatic carbocycles. The number of nitriles is 1. The number of thioether (sulfide) groups is 1. The summed E-state index contributed by atoms with van der Waals surface area (Å²) in [5.74, 6) is 0.937. The van der Waals surface area contributed by atoms with Crippen molar-refractivity contribution in [2.75, 3.05) is 5.75 Å². The van der Waals surface area contributed by atoms with Crippen molar-refractivity contribution >= 4 is 11.8 Å². The molecule has 0 bridgehead atoms. The number of halogens is 1. The molecule has 0 aliphatic carbocycles. The maximum absolute atomic E-state index is 12.6. The summed E-state index contributed by atoms with van der Waals surface area (Å²) in [6.07, 6.45) is 0. The lowest BCUT2D eigenvalue weighted by Crippen LogP contribution is -1.82. The van der Waals surface area contributed by atoms with E-state index in [0.717, 1.165) is 5.56 Å². The van der Waals surface area contributed by atoms with Crippen LogP contribution in [-0.2, 0) is 5.75 Å². The third-order valence-corrected chi connectivity index (χ3v) is 2.20. The molecule has 0 N–H and O–H groups in total. The quantitative estimate of drug-likeness (QED) is 0.669. The molecular weight excluding hydrogens is 173 g/mol. The molecule has 0 saturated carbocycles. The van der Waals surface area contributed by atoms with E-state index in [1.807, 2.05) is 12.1 Å². The number of hydrogen-bond donors (Lipinski definition) is 0. The van der Waals surface area contributed by atoms with Crippen LogP contribution >= 0.6 is 11.8 Å². The van der Waals surface area contributed by atoms with E-state index in [4.69, 9.17) is 5.26 Å². The smallest absolute Gasteiger partial charge is 0.123 e. The highest BCUT2D eigenvalue weighted by atomic mass is 32.2. The fraction of sp³-hybridized carbons (Fsp3) is 0.222. The highest BCUT2D eigenvalue weighted by Gasteiger charge is 1.94. The van der Waals surface area contributed by atoms with E-state index in [-0.39, 0.29) is 5.82 Å². The normalized spacial score (nSPS) is 9.33. The van der Waals surface area contributed by atoms with Gasteiger partial charge >= 0.3 is 0 Å². The minimum Gasteiger partial charge on any atom is -0.207 e. The Balaban J connectivity index is 2.48. The molecule has 0 atom stereocenters. The largest absolute Gasteiger partial charge is 0.207 e. The Morgan fingerprint density at radius 1 is 1.50 bits per heavy atom.